The number of nitrogens with one attached hydrogen (secondary N) is 1. The summed E-state index contributed by atoms with van der Waals surface area (Å²) in [5.74, 6) is 0.587. The number of rotatable bonds is 1. The quantitative estimate of drug-likeness (QED) is 0.857. The highest BCUT2D eigenvalue weighted by atomic mass is 79.9. The molecule has 1 aliphatic rings. The molecule has 3 rings (SSSR count). The van der Waals surface area contributed by atoms with E-state index in [1.54, 1.807) is 0 Å². The van der Waals surface area contributed by atoms with E-state index in [1.165, 1.54) is 12.1 Å². The van der Waals surface area contributed by atoms with Crippen molar-refractivity contribution in [1.82, 2.24) is 14.7 Å². The third-order valence-corrected chi connectivity index (χ3v) is 3.38. The standard InChI is InChI=1S/C11H12BrN3/c12-9-1-2-11-14-10(7-15(11)6-9)8-3-4-13-5-8/h1-2,6-8,13H,3-5H2. The Bertz CT molecular complexity index is 486. The van der Waals surface area contributed by atoms with Gasteiger partial charge in [0.15, 0.2) is 0 Å². The van der Waals surface area contributed by atoms with Crippen LogP contribution in [0.15, 0.2) is 29.0 Å². The summed E-state index contributed by atoms with van der Waals surface area (Å²) in [6, 6.07) is 4.06. The maximum Gasteiger partial charge on any atom is 0.137 e. The van der Waals surface area contributed by atoms with E-state index in [9.17, 15) is 0 Å². The first kappa shape index (κ1) is 9.36. The highest BCUT2D eigenvalue weighted by Crippen LogP contribution is 2.22. The Morgan fingerprint density at radius 3 is 3.13 bits per heavy atom. The molecule has 2 aromatic heterocycles. The van der Waals surface area contributed by atoms with Gasteiger partial charge in [-0.15, -0.1) is 0 Å². The first-order valence-corrected chi connectivity index (χ1v) is 5.97. The largest absolute Gasteiger partial charge is 0.316 e. The monoisotopic (exact) mass is 265 g/mol. The van der Waals surface area contributed by atoms with Crippen molar-refractivity contribution in [2.75, 3.05) is 13.1 Å². The molecule has 0 aromatic carbocycles. The van der Waals surface area contributed by atoms with Crippen LogP contribution in [0.4, 0.5) is 0 Å². The number of halogens is 1. The van der Waals surface area contributed by atoms with E-state index in [4.69, 9.17) is 0 Å². The maximum atomic E-state index is 4.64. The number of hydrogen-bond donors (Lipinski definition) is 1. The lowest BCUT2D eigenvalue weighted by Gasteiger charge is -2.01. The second kappa shape index (κ2) is 3.61. The lowest BCUT2D eigenvalue weighted by molar-refractivity contribution is 0.741. The summed E-state index contributed by atoms with van der Waals surface area (Å²) in [5.41, 5.74) is 2.23. The van der Waals surface area contributed by atoms with E-state index in [-0.39, 0.29) is 0 Å². The fourth-order valence-corrected chi connectivity index (χ4v) is 2.44. The van der Waals surface area contributed by atoms with Crippen LogP contribution in [0.25, 0.3) is 5.65 Å². The van der Waals surface area contributed by atoms with Crippen molar-refractivity contribution in [2.24, 2.45) is 0 Å². The Morgan fingerprint density at radius 1 is 1.40 bits per heavy atom. The minimum Gasteiger partial charge on any atom is -0.316 e. The first-order chi connectivity index (χ1) is 7.33. The molecule has 1 atom stereocenters. The molecule has 15 heavy (non-hydrogen) atoms. The molecule has 0 saturated carbocycles. The summed E-state index contributed by atoms with van der Waals surface area (Å²) in [5, 5.41) is 3.37. The van der Waals surface area contributed by atoms with E-state index < -0.39 is 0 Å². The summed E-state index contributed by atoms with van der Waals surface area (Å²) < 4.78 is 3.17. The zero-order valence-electron chi connectivity index (χ0n) is 8.28. The maximum absolute atomic E-state index is 4.64. The summed E-state index contributed by atoms with van der Waals surface area (Å²) in [7, 11) is 0. The van der Waals surface area contributed by atoms with Crippen molar-refractivity contribution in [3.8, 4) is 0 Å². The van der Waals surface area contributed by atoms with Crippen LogP contribution in [0.5, 0.6) is 0 Å². The van der Waals surface area contributed by atoms with Crippen LogP contribution < -0.4 is 5.32 Å². The molecule has 78 valence electrons. The number of nitrogens with zero attached hydrogens (tertiary/aromatic N) is 2. The van der Waals surface area contributed by atoms with Gasteiger partial charge in [-0.25, -0.2) is 4.98 Å². The van der Waals surface area contributed by atoms with Gasteiger partial charge in [0.05, 0.1) is 5.69 Å². The van der Waals surface area contributed by atoms with Crippen molar-refractivity contribution in [2.45, 2.75) is 12.3 Å². The normalized spacial score (nSPS) is 21.3. The fourth-order valence-electron chi connectivity index (χ4n) is 2.09. The highest BCUT2D eigenvalue weighted by Gasteiger charge is 2.19. The molecule has 1 fully saturated rings. The molecule has 3 heterocycles. The average molecular weight is 266 g/mol. The predicted molar refractivity (Wildman–Crippen MR) is 63.1 cm³/mol. The molecule has 1 saturated heterocycles. The third-order valence-electron chi connectivity index (χ3n) is 2.91. The summed E-state index contributed by atoms with van der Waals surface area (Å²) in [6.07, 6.45) is 5.39. The number of aromatic nitrogens is 2. The Kier molecular flexibility index (Phi) is 2.25. The molecule has 0 bridgehead atoms. The van der Waals surface area contributed by atoms with Gasteiger partial charge in [-0.1, -0.05) is 0 Å². The van der Waals surface area contributed by atoms with Crippen LogP contribution in [-0.2, 0) is 0 Å². The first-order valence-electron chi connectivity index (χ1n) is 5.18. The molecule has 0 aliphatic carbocycles. The second-order valence-electron chi connectivity index (χ2n) is 3.97. The molecule has 4 heteroatoms. The number of pyridine rings is 1. The molecule has 1 aliphatic heterocycles. The van der Waals surface area contributed by atoms with E-state index in [0.717, 1.165) is 23.2 Å². The summed E-state index contributed by atoms with van der Waals surface area (Å²) >= 11 is 3.46. The molecular formula is C11H12BrN3. The minimum atomic E-state index is 0.587. The Hall–Kier alpha value is -0.870. The van der Waals surface area contributed by atoms with Gasteiger partial charge >= 0.3 is 0 Å². The van der Waals surface area contributed by atoms with Crippen LogP contribution in [0.3, 0.4) is 0 Å². The number of fused-ring (bicyclic) bond motifs is 1. The minimum absolute atomic E-state index is 0.587. The number of imidazole rings is 1. The third kappa shape index (κ3) is 1.68. The van der Waals surface area contributed by atoms with E-state index >= 15 is 0 Å². The van der Waals surface area contributed by atoms with Gasteiger partial charge in [-0.3, -0.25) is 0 Å². The zero-order chi connectivity index (χ0) is 10.3. The molecule has 0 radical (unpaired) electrons. The lowest BCUT2D eigenvalue weighted by atomic mass is 10.1. The van der Waals surface area contributed by atoms with Gasteiger partial charge in [-0.2, -0.15) is 0 Å². The Labute approximate surface area is 96.6 Å². The smallest absolute Gasteiger partial charge is 0.137 e. The Morgan fingerprint density at radius 2 is 2.33 bits per heavy atom. The SMILES string of the molecule is Brc1ccc2nc(C3CCNC3)cn2c1. The van der Waals surface area contributed by atoms with Crippen LogP contribution in [-0.4, -0.2) is 22.5 Å². The molecular weight excluding hydrogens is 254 g/mol. The molecule has 1 unspecified atom stereocenters. The van der Waals surface area contributed by atoms with Crippen molar-refractivity contribution in [3.63, 3.8) is 0 Å². The van der Waals surface area contributed by atoms with Crippen molar-refractivity contribution >= 4 is 21.6 Å². The van der Waals surface area contributed by atoms with Gasteiger partial charge in [0.2, 0.25) is 0 Å². The average Bonchev–Trinajstić information content (AvgIpc) is 2.84. The van der Waals surface area contributed by atoms with Crippen LogP contribution in [0.1, 0.15) is 18.0 Å². The van der Waals surface area contributed by atoms with Gasteiger partial charge in [0.25, 0.3) is 0 Å². The zero-order valence-corrected chi connectivity index (χ0v) is 9.87. The Balaban J connectivity index is 2.05. The van der Waals surface area contributed by atoms with E-state index in [0.29, 0.717) is 5.92 Å². The van der Waals surface area contributed by atoms with Gasteiger partial charge < -0.3 is 9.72 Å². The van der Waals surface area contributed by atoms with E-state index in [1.807, 2.05) is 18.3 Å². The topological polar surface area (TPSA) is 29.3 Å². The van der Waals surface area contributed by atoms with Gasteiger partial charge in [0, 0.05) is 29.3 Å². The molecule has 3 nitrogen and oxygen atoms in total. The van der Waals surface area contributed by atoms with Crippen molar-refractivity contribution in [3.05, 3.63) is 34.7 Å². The lowest BCUT2D eigenvalue weighted by Crippen LogP contribution is -2.07. The predicted octanol–water partition coefficient (Wildman–Crippen LogP) is 2.17. The van der Waals surface area contributed by atoms with Crippen LogP contribution >= 0.6 is 15.9 Å². The van der Waals surface area contributed by atoms with Gasteiger partial charge in [-0.05, 0) is 41.0 Å². The van der Waals surface area contributed by atoms with Crippen LogP contribution in [0.2, 0.25) is 0 Å². The second-order valence-corrected chi connectivity index (χ2v) is 4.88. The van der Waals surface area contributed by atoms with E-state index in [2.05, 4.69) is 36.8 Å². The fraction of sp³-hybridized carbons (Fsp3) is 0.364. The van der Waals surface area contributed by atoms with Gasteiger partial charge in [0.1, 0.15) is 5.65 Å². The molecule has 0 spiro atoms. The number of hydrogen-bond acceptors (Lipinski definition) is 2. The molecule has 2 aromatic rings. The highest BCUT2D eigenvalue weighted by molar-refractivity contribution is 9.10. The molecule has 0 amide bonds. The molecule has 1 N–H and O–H groups in total. The summed E-state index contributed by atoms with van der Waals surface area (Å²) in [6.45, 7) is 2.17. The van der Waals surface area contributed by atoms with Crippen molar-refractivity contribution < 1.29 is 0 Å². The summed E-state index contributed by atoms with van der Waals surface area (Å²) in [4.78, 5) is 4.64. The van der Waals surface area contributed by atoms with Crippen molar-refractivity contribution in [1.29, 1.82) is 0 Å². The van der Waals surface area contributed by atoms with Crippen LogP contribution in [0, 0.1) is 0 Å².